The van der Waals surface area contributed by atoms with Gasteiger partial charge in [0.1, 0.15) is 18.3 Å². The molecule has 0 bridgehead atoms. The van der Waals surface area contributed by atoms with Crippen molar-refractivity contribution in [1.82, 2.24) is 19.5 Å². The zero-order valence-electron chi connectivity index (χ0n) is 16.5. The number of nitrogens with two attached hydrogens (primary N) is 1. The average molecular weight is 477 g/mol. The minimum absolute atomic E-state index is 0. The van der Waals surface area contributed by atoms with Gasteiger partial charge in [0.25, 0.3) is 13.4 Å². The van der Waals surface area contributed by atoms with Gasteiger partial charge in [-0.2, -0.15) is 4.98 Å². The van der Waals surface area contributed by atoms with Crippen LogP contribution in [0.25, 0.3) is 11.2 Å². The van der Waals surface area contributed by atoms with E-state index in [-0.39, 0.29) is 73.7 Å². The molecule has 31 heavy (non-hydrogen) atoms. The van der Waals surface area contributed by atoms with E-state index in [4.69, 9.17) is 10.5 Å². The van der Waals surface area contributed by atoms with Crippen LogP contribution in [0.1, 0.15) is 6.23 Å². The minimum atomic E-state index is -5.34. The van der Waals surface area contributed by atoms with Crippen molar-refractivity contribution in [2.24, 2.45) is 0 Å². The van der Waals surface area contributed by atoms with Crippen molar-refractivity contribution in [3.8, 4) is 0 Å². The van der Waals surface area contributed by atoms with Gasteiger partial charge in [0.05, 0.1) is 12.9 Å². The van der Waals surface area contributed by atoms with Crippen molar-refractivity contribution >= 4 is 43.5 Å². The standard InChI is InChI=1S/C10H15N5O10P2S.3Li/c11-10-13-7-4(8(18)14-10)12-2-15(7)9-6(17)5(16)3(24-9)1-23-26(19,20)25-27(21,22)28;;;/h2-3,5-6,9,16-17H,1H2,(H,19,20)(H2,21,22,28)(H3,11,13,14,18);;;/q;3*+1/p-3/t3-,5?,6?,9-;;;/m1.../s1. The molecule has 1 fully saturated rings. The molecule has 3 unspecified atom stereocenters. The van der Waals surface area contributed by atoms with E-state index in [2.05, 4.69) is 35.6 Å². The van der Waals surface area contributed by atoms with Crippen molar-refractivity contribution in [1.29, 1.82) is 0 Å². The summed E-state index contributed by atoms with van der Waals surface area (Å²) in [6.07, 6.45) is -4.91. The molecule has 3 heterocycles. The molecule has 15 nitrogen and oxygen atoms in total. The van der Waals surface area contributed by atoms with Crippen LogP contribution in [0.15, 0.2) is 11.1 Å². The van der Waals surface area contributed by atoms with E-state index < -0.39 is 51.2 Å². The molecule has 3 rings (SSSR count). The summed E-state index contributed by atoms with van der Waals surface area (Å²) >= 11 is 3.81. The number of ether oxygens (including phenoxy) is 1. The Hall–Kier alpha value is 0.502. The van der Waals surface area contributed by atoms with Gasteiger partial charge >= 0.3 is 56.6 Å². The maximum atomic E-state index is 11.8. The van der Waals surface area contributed by atoms with Gasteiger partial charge in [-0.25, -0.2) is 4.98 Å². The number of fused-ring (bicyclic) bond motifs is 1. The summed E-state index contributed by atoms with van der Waals surface area (Å²) in [5.74, 6) is -0.234. The number of imidazole rings is 1. The Labute approximate surface area is 215 Å². The summed E-state index contributed by atoms with van der Waals surface area (Å²) in [6.45, 7) is -5.94. The summed E-state index contributed by atoms with van der Waals surface area (Å²) in [5, 5.41) is 20.3. The third kappa shape index (κ3) is 7.49. The van der Waals surface area contributed by atoms with Gasteiger partial charge in [-0.3, -0.25) is 18.9 Å². The number of anilines is 1. The zero-order chi connectivity index (χ0) is 20.9. The number of aliphatic hydroxyl groups is 2. The van der Waals surface area contributed by atoms with Crippen molar-refractivity contribution in [2.45, 2.75) is 24.5 Å². The molecule has 156 valence electrons. The topological polar surface area (TPSA) is 244 Å². The predicted molar refractivity (Wildman–Crippen MR) is 87.4 cm³/mol. The number of aromatic amines is 1. The summed E-state index contributed by atoms with van der Waals surface area (Å²) in [7, 11) is -5.34. The van der Waals surface area contributed by atoms with E-state index in [1.165, 1.54) is 0 Å². The first-order valence-corrected chi connectivity index (χ1v) is 11.3. The second-order valence-corrected chi connectivity index (χ2v) is 9.64. The van der Waals surface area contributed by atoms with Crippen molar-refractivity contribution in [3.63, 3.8) is 0 Å². The molecule has 0 aliphatic carbocycles. The van der Waals surface area contributed by atoms with Gasteiger partial charge < -0.3 is 44.2 Å². The van der Waals surface area contributed by atoms with Crippen molar-refractivity contribution in [2.75, 3.05) is 12.3 Å². The summed E-state index contributed by atoms with van der Waals surface area (Å²) in [4.78, 5) is 54.6. The van der Waals surface area contributed by atoms with Crippen molar-refractivity contribution < 1.29 is 99.6 Å². The fourth-order valence-electron chi connectivity index (χ4n) is 2.54. The van der Waals surface area contributed by atoms with Crippen LogP contribution in [0, 0.1) is 0 Å². The molecule has 0 saturated carbocycles. The molecule has 2 aromatic heterocycles. The third-order valence-corrected chi connectivity index (χ3v) is 6.32. The predicted octanol–water partition coefficient (Wildman–Crippen LogP) is -13.2. The largest absolute Gasteiger partial charge is 1.00 e. The number of hydrogen-bond donors (Lipinski definition) is 4. The van der Waals surface area contributed by atoms with Gasteiger partial charge in [-0.05, 0) is 0 Å². The van der Waals surface area contributed by atoms with E-state index in [1.807, 2.05) is 0 Å². The second kappa shape index (κ2) is 11.8. The van der Waals surface area contributed by atoms with E-state index in [9.17, 15) is 34.3 Å². The zero-order valence-corrected chi connectivity index (χ0v) is 19.1. The number of rotatable bonds is 6. The van der Waals surface area contributed by atoms with Crippen LogP contribution in [-0.2, 0) is 29.9 Å². The minimum Gasteiger partial charge on any atom is -0.812 e. The van der Waals surface area contributed by atoms with Crippen LogP contribution in [0.4, 0.5) is 5.95 Å². The fourth-order valence-corrected chi connectivity index (χ4v) is 4.77. The molecule has 0 aromatic carbocycles. The van der Waals surface area contributed by atoms with Gasteiger partial charge in [0.15, 0.2) is 17.4 Å². The Bertz CT molecular complexity index is 1050. The van der Waals surface area contributed by atoms with Crippen LogP contribution < -0.4 is 82.6 Å². The Morgan fingerprint density at radius 2 is 1.90 bits per heavy atom. The van der Waals surface area contributed by atoms with Gasteiger partial charge in [0.2, 0.25) is 5.95 Å². The molecule has 1 aliphatic rings. The number of nitrogens with one attached hydrogen (secondary N) is 1. The number of nitrogen functional groups attached to an aromatic ring is 1. The Kier molecular flexibility index (Phi) is 12.0. The number of nitrogens with zero attached hydrogens (tertiary/aromatic N) is 3. The molecule has 21 heteroatoms. The molecule has 5 atom stereocenters. The smallest absolute Gasteiger partial charge is 0.812 e. The molecule has 2 aromatic rings. The second-order valence-electron chi connectivity index (χ2n) is 5.59. The van der Waals surface area contributed by atoms with E-state index in [1.54, 1.807) is 0 Å². The summed E-state index contributed by atoms with van der Waals surface area (Å²) < 4.78 is 25.9. The maximum Gasteiger partial charge on any atom is 1.00 e. The Balaban J connectivity index is 0.00000300. The molecule has 0 spiro atoms. The summed E-state index contributed by atoms with van der Waals surface area (Å²) in [5.41, 5.74) is 4.64. The molecule has 1 saturated heterocycles. The fraction of sp³-hybridized carbons (Fsp3) is 0.500. The van der Waals surface area contributed by atoms with Crippen LogP contribution in [0.5, 0.6) is 0 Å². The Morgan fingerprint density at radius 1 is 1.29 bits per heavy atom. The molecular weight excluding hydrogens is 465 g/mol. The average Bonchev–Trinajstić information content (AvgIpc) is 3.06. The number of phosphoric acid groups is 1. The van der Waals surface area contributed by atoms with Crippen LogP contribution in [-0.4, -0.2) is 54.7 Å². The van der Waals surface area contributed by atoms with Gasteiger partial charge in [0, 0.05) is 0 Å². The number of aliphatic hydroxyl groups excluding tert-OH is 2. The van der Waals surface area contributed by atoms with E-state index >= 15 is 0 Å². The number of phosphoric ester groups is 1. The quantitative estimate of drug-likeness (QED) is 0.223. The molecule has 0 radical (unpaired) electrons. The molecule has 5 N–H and O–H groups in total. The van der Waals surface area contributed by atoms with Crippen LogP contribution >= 0.6 is 14.5 Å². The number of aromatic nitrogens is 4. The summed E-state index contributed by atoms with van der Waals surface area (Å²) in [6, 6.07) is 0. The van der Waals surface area contributed by atoms with Crippen LogP contribution in [0.2, 0.25) is 0 Å². The van der Waals surface area contributed by atoms with Gasteiger partial charge in [-0.15, -0.1) is 11.8 Å². The van der Waals surface area contributed by atoms with Crippen LogP contribution in [0.3, 0.4) is 0 Å². The molecular formula is C10H12Li3N5O10P2S. The molecule has 1 aliphatic heterocycles. The Morgan fingerprint density at radius 3 is 2.48 bits per heavy atom. The SMILES string of the molecule is Nc1nc2c(ncn2[C@@H]2O[C@H](COP(=O)([O-])OP([O-])([O-])=S)C(O)C2O)c(=O)[nH]1.[Li+].[Li+].[Li+]. The first kappa shape index (κ1) is 31.5. The van der Waals surface area contributed by atoms with E-state index in [0.29, 0.717) is 0 Å². The normalized spacial score (nSPS) is 25.2. The first-order chi connectivity index (χ1) is 12.9. The van der Waals surface area contributed by atoms with Gasteiger partial charge in [-0.1, -0.05) is 6.72 Å². The first-order valence-electron chi connectivity index (χ1n) is 7.31. The number of H-pyrrole nitrogens is 1. The monoisotopic (exact) mass is 477 g/mol. The molecule has 0 amide bonds. The maximum absolute atomic E-state index is 11.8. The van der Waals surface area contributed by atoms with E-state index in [0.717, 1.165) is 10.9 Å². The number of hydrogen-bond acceptors (Lipinski definition) is 14. The van der Waals surface area contributed by atoms with Crippen molar-refractivity contribution in [3.05, 3.63) is 16.7 Å². The third-order valence-electron chi connectivity index (χ3n) is 3.66.